The number of nitrogens with one attached hydrogen (secondary N) is 1. The predicted molar refractivity (Wildman–Crippen MR) is 123 cm³/mol. The molecule has 0 radical (unpaired) electrons. The molecule has 0 unspecified atom stereocenters. The van der Waals surface area contributed by atoms with E-state index in [2.05, 4.69) is 5.32 Å². The zero-order valence-electron chi connectivity index (χ0n) is 17.3. The lowest BCUT2D eigenvalue weighted by atomic mass is 10.1. The van der Waals surface area contributed by atoms with Crippen molar-refractivity contribution >= 4 is 46.9 Å². The molecule has 0 atom stereocenters. The maximum atomic E-state index is 14.3. The Morgan fingerprint density at radius 3 is 2.55 bits per heavy atom. The largest absolute Gasteiger partial charge is 0.462 e. The van der Waals surface area contributed by atoms with Gasteiger partial charge in [0, 0.05) is 5.56 Å². The van der Waals surface area contributed by atoms with Crippen LogP contribution in [0.5, 0.6) is 0 Å². The molecule has 2 heterocycles. The zero-order valence-corrected chi connectivity index (χ0v) is 18.1. The first-order valence-electron chi connectivity index (χ1n) is 9.92. The maximum absolute atomic E-state index is 14.3. The van der Waals surface area contributed by atoms with Crippen LogP contribution in [0, 0.1) is 5.82 Å². The van der Waals surface area contributed by atoms with E-state index in [9.17, 15) is 18.8 Å². The number of esters is 1. The second-order valence-electron chi connectivity index (χ2n) is 6.91. The fourth-order valence-electron chi connectivity index (χ4n) is 3.22. The van der Waals surface area contributed by atoms with E-state index < -0.39 is 23.6 Å². The van der Waals surface area contributed by atoms with Gasteiger partial charge in [-0.3, -0.25) is 14.9 Å². The van der Waals surface area contributed by atoms with Crippen LogP contribution in [0.4, 0.5) is 10.1 Å². The number of hydrogen-bond acceptors (Lipinski definition) is 6. The average Bonchev–Trinajstić information content (AvgIpc) is 3.27. The van der Waals surface area contributed by atoms with Crippen LogP contribution in [-0.2, 0) is 14.3 Å². The third-order valence-electron chi connectivity index (χ3n) is 4.79. The van der Waals surface area contributed by atoms with Crippen molar-refractivity contribution in [1.82, 2.24) is 5.32 Å². The molecule has 1 fully saturated rings. The molecule has 3 aromatic rings. The lowest BCUT2D eigenvalue weighted by Crippen LogP contribution is -2.54. The maximum Gasteiger partial charge on any atom is 0.338 e. The van der Waals surface area contributed by atoms with Crippen LogP contribution in [0.2, 0.25) is 0 Å². The second kappa shape index (κ2) is 9.17. The number of rotatable bonds is 5. The van der Waals surface area contributed by atoms with Crippen LogP contribution in [-0.4, -0.2) is 29.5 Å². The fraction of sp³-hybridized carbons (Fsp3) is 0.0833. The van der Waals surface area contributed by atoms with Crippen LogP contribution < -0.4 is 10.2 Å². The Bertz CT molecular complexity index is 1300. The van der Waals surface area contributed by atoms with Gasteiger partial charge >= 0.3 is 5.97 Å². The van der Waals surface area contributed by atoms with Gasteiger partial charge in [-0.05, 0) is 61.6 Å². The quantitative estimate of drug-likeness (QED) is 0.265. The lowest BCUT2D eigenvalue weighted by molar-refractivity contribution is -0.122. The lowest BCUT2D eigenvalue weighted by Gasteiger charge is -2.28. The van der Waals surface area contributed by atoms with Gasteiger partial charge in [-0.15, -0.1) is 0 Å². The van der Waals surface area contributed by atoms with Gasteiger partial charge in [-0.2, -0.15) is 0 Å². The molecule has 9 heteroatoms. The van der Waals surface area contributed by atoms with E-state index in [0.717, 1.165) is 4.90 Å². The minimum Gasteiger partial charge on any atom is -0.462 e. The highest BCUT2D eigenvalue weighted by Gasteiger charge is 2.35. The summed E-state index contributed by atoms with van der Waals surface area (Å²) in [6.45, 7) is 2.01. The highest BCUT2D eigenvalue weighted by Crippen LogP contribution is 2.27. The predicted octanol–water partition coefficient (Wildman–Crippen LogP) is 4.09. The molecule has 0 spiro atoms. The second-order valence-corrected chi connectivity index (χ2v) is 7.30. The molecule has 2 amide bonds. The molecule has 33 heavy (non-hydrogen) atoms. The van der Waals surface area contributed by atoms with Crippen molar-refractivity contribution in [2.75, 3.05) is 11.5 Å². The standard InChI is InChI=1S/C24H17FN2O5S/c1-2-31-23(30)15-9-7-14(8-10-15)20-12-11-16(32-20)13-17-21(28)26-24(33)27(22(17)29)19-6-4-3-5-18(19)25/h3-13H,2H2,1H3,(H,26,28,33)/b17-13+. The van der Waals surface area contributed by atoms with Crippen molar-refractivity contribution in [1.29, 1.82) is 0 Å². The molecular formula is C24H17FN2O5S. The Hall–Kier alpha value is -4.11. The SMILES string of the molecule is CCOC(=O)c1ccc(-c2ccc(/C=C3\C(=O)NC(=S)N(c4ccccc4F)C3=O)o2)cc1. The third kappa shape index (κ3) is 4.44. The number of ether oxygens (including phenoxy) is 1. The Balaban J connectivity index is 1.61. The Kier molecular flexibility index (Phi) is 6.14. The molecule has 4 rings (SSSR count). The van der Waals surface area contributed by atoms with E-state index in [-0.39, 0.29) is 28.7 Å². The Morgan fingerprint density at radius 1 is 1.12 bits per heavy atom. The first kappa shape index (κ1) is 22.1. The number of nitrogens with zero attached hydrogens (tertiary/aromatic N) is 1. The molecule has 0 bridgehead atoms. The van der Waals surface area contributed by atoms with E-state index in [1.54, 1.807) is 49.4 Å². The van der Waals surface area contributed by atoms with E-state index in [1.165, 1.54) is 24.3 Å². The highest BCUT2D eigenvalue weighted by atomic mass is 32.1. The minimum absolute atomic E-state index is 0.0692. The molecule has 0 aliphatic carbocycles. The van der Waals surface area contributed by atoms with Crippen molar-refractivity contribution in [2.24, 2.45) is 0 Å². The van der Waals surface area contributed by atoms with Crippen molar-refractivity contribution in [3.8, 4) is 11.3 Å². The summed E-state index contributed by atoms with van der Waals surface area (Å²) in [5.41, 5.74) is 0.759. The number of para-hydroxylation sites is 1. The molecule has 0 saturated carbocycles. The molecule has 7 nitrogen and oxygen atoms in total. The van der Waals surface area contributed by atoms with Gasteiger partial charge in [-0.25, -0.2) is 14.1 Å². The van der Waals surface area contributed by atoms with Gasteiger partial charge in [-0.1, -0.05) is 24.3 Å². The summed E-state index contributed by atoms with van der Waals surface area (Å²) in [5, 5.41) is 2.18. The molecule has 1 aliphatic rings. The summed E-state index contributed by atoms with van der Waals surface area (Å²) in [4.78, 5) is 38.1. The number of benzene rings is 2. The molecule has 1 aromatic heterocycles. The number of thiocarbonyl (C=S) groups is 1. The summed E-state index contributed by atoms with van der Waals surface area (Å²) < 4.78 is 25.0. The van der Waals surface area contributed by atoms with Crippen LogP contribution in [0.15, 0.2) is 70.7 Å². The van der Waals surface area contributed by atoms with Crippen LogP contribution in [0.3, 0.4) is 0 Å². The summed E-state index contributed by atoms with van der Waals surface area (Å²) in [5.74, 6) is -1.87. The van der Waals surface area contributed by atoms with Gasteiger partial charge in [0.1, 0.15) is 22.9 Å². The third-order valence-corrected chi connectivity index (χ3v) is 5.07. The number of amides is 2. The zero-order chi connectivity index (χ0) is 23.5. The topological polar surface area (TPSA) is 88.9 Å². The van der Waals surface area contributed by atoms with E-state index >= 15 is 0 Å². The Morgan fingerprint density at radius 2 is 1.85 bits per heavy atom. The van der Waals surface area contributed by atoms with E-state index in [0.29, 0.717) is 16.9 Å². The fourth-order valence-corrected chi connectivity index (χ4v) is 3.50. The number of hydrogen-bond donors (Lipinski definition) is 1. The Labute approximate surface area is 193 Å². The van der Waals surface area contributed by atoms with Gasteiger partial charge in [0.05, 0.1) is 17.9 Å². The van der Waals surface area contributed by atoms with Crippen molar-refractivity contribution in [3.05, 3.63) is 83.4 Å². The van der Waals surface area contributed by atoms with E-state index in [4.69, 9.17) is 21.4 Å². The van der Waals surface area contributed by atoms with Crippen LogP contribution in [0.25, 0.3) is 17.4 Å². The average molecular weight is 464 g/mol. The molecular weight excluding hydrogens is 447 g/mol. The minimum atomic E-state index is -0.773. The first-order valence-corrected chi connectivity index (χ1v) is 10.3. The van der Waals surface area contributed by atoms with Gasteiger partial charge in [0.25, 0.3) is 11.8 Å². The highest BCUT2D eigenvalue weighted by molar-refractivity contribution is 7.80. The normalized spacial score (nSPS) is 15.0. The number of carbonyl (C=O) groups excluding carboxylic acids is 3. The summed E-state index contributed by atoms with van der Waals surface area (Å²) in [6, 6.07) is 15.5. The first-order chi connectivity index (χ1) is 15.9. The molecule has 1 saturated heterocycles. The van der Waals surface area contributed by atoms with Crippen molar-refractivity contribution in [3.63, 3.8) is 0 Å². The molecule has 166 valence electrons. The summed E-state index contributed by atoms with van der Waals surface area (Å²) in [6.07, 6.45) is 1.27. The van der Waals surface area contributed by atoms with Crippen LogP contribution >= 0.6 is 12.2 Å². The van der Waals surface area contributed by atoms with Crippen molar-refractivity contribution in [2.45, 2.75) is 6.92 Å². The van der Waals surface area contributed by atoms with Gasteiger partial charge in [0.2, 0.25) is 0 Å². The number of furan rings is 1. The monoisotopic (exact) mass is 464 g/mol. The molecule has 2 aromatic carbocycles. The van der Waals surface area contributed by atoms with Gasteiger partial charge < -0.3 is 9.15 Å². The number of halogens is 1. The summed E-state index contributed by atoms with van der Waals surface area (Å²) in [7, 11) is 0. The van der Waals surface area contributed by atoms with E-state index in [1.807, 2.05) is 0 Å². The van der Waals surface area contributed by atoms with Gasteiger partial charge in [0.15, 0.2) is 5.11 Å². The van der Waals surface area contributed by atoms with Crippen LogP contribution in [0.1, 0.15) is 23.0 Å². The summed E-state index contributed by atoms with van der Waals surface area (Å²) >= 11 is 5.08. The van der Waals surface area contributed by atoms with Crippen molar-refractivity contribution < 1.29 is 27.9 Å². The smallest absolute Gasteiger partial charge is 0.338 e. The number of carbonyl (C=O) groups is 3. The number of anilines is 1. The molecule has 1 aliphatic heterocycles. The molecule has 1 N–H and O–H groups in total.